The molecule has 1 amide bonds. The number of carbonyl (C=O) groups is 2. The summed E-state index contributed by atoms with van der Waals surface area (Å²) in [5.74, 6) is -0.00414. The van der Waals surface area contributed by atoms with Gasteiger partial charge in [0.25, 0.3) is 0 Å². The summed E-state index contributed by atoms with van der Waals surface area (Å²) in [4.78, 5) is 24.8. The molecule has 1 unspecified atom stereocenters. The molecule has 0 aromatic rings. The molecule has 1 saturated carbocycles. The SMILES string of the molecule is CN(C)C(=O)C1(C)CC(C)(C)C1=O. The van der Waals surface area contributed by atoms with Crippen molar-refractivity contribution in [2.24, 2.45) is 10.8 Å². The smallest absolute Gasteiger partial charge is 0.235 e. The van der Waals surface area contributed by atoms with Gasteiger partial charge in [-0.15, -0.1) is 0 Å². The van der Waals surface area contributed by atoms with E-state index in [-0.39, 0.29) is 17.1 Å². The first-order chi connectivity index (χ1) is 5.72. The van der Waals surface area contributed by atoms with Crippen LogP contribution in [0, 0.1) is 10.8 Å². The lowest BCUT2D eigenvalue weighted by molar-refractivity contribution is -0.166. The van der Waals surface area contributed by atoms with E-state index in [1.165, 1.54) is 4.90 Å². The average Bonchev–Trinajstić information content (AvgIpc) is 2.01. The lowest BCUT2D eigenvalue weighted by Gasteiger charge is -2.48. The molecule has 0 spiro atoms. The third-order valence-corrected chi connectivity index (χ3v) is 2.79. The number of ketones is 1. The second-order valence-electron chi connectivity index (χ2n) is 4.92. The summed E-state index contributed by atoms with van der Waals surface area (Å²) in [7, 11) is 3.37. The first-order valence-electron chi connectivity index (χ1n) is 4.48. The van der Waals surface area contributed by atoms with Crippen LogP contribution in [0.15, 0.2) is 0 Å². The van der Waals surface area contributed by atoms with Crippen LogP contribution >= 0.6 is 0 Å². The number of carbonyl (C=O) groups excluding carboxylic acids is 2. The van der Waals surface area contributed by atoms with Gasteiger partial charge in [-0.25, -0.2) is 0 Å². The van der Waals surface area contributed by atoms with Gasteiger partial charge in [0.1, 0.15) is 5.41 Å². The molecule has 0 heterocycles. The van der Waals surface area contributed by atoms with E-state index in [1.807, 2.05) is 13.8 Å². The molecule has 1 aliphatic rings. The molecule has 0 radical (unpaired) electrons. The Morgan fingerprint density at radius 1 is 1.31 bits per heavy atom. The number of rotatable bonds is 1. The van der Waals surface area contributed by atoms with Crippen LogP contribution in [0.3, 0.4) is 0 Å². The summed E-state index contributed by atoms with van der Waals surface area (Å²) in [6.45, 7) is 5.52. The molecular formula is C10H17NO2. The van der Waals surface area contributed by atoms with Crippen LogP contribution < -0.4 is 0 Å². The molecule has 3 nitrogen and oxygen atoms in total. The Morgan fingerprint density at radius 3 is 2.00 bits per heavy atom. The third kappa shape index (κ3) is 1.26. The lowest BCUT2D eigenvalue weighted by atomic mass is 9.53. The van der Waals surface area contributed by atoms with Gasteiger partial charge in [-0.05, 0) is 13.3 Å². The molecule has 13 heavy (non-hydrogen) atoms. The summed E-state index contributed by atoms with van der Waals surface area (Å²) >= 11 is 0. The number of Topliss-reactive ketones (excluding diaryl/α,β-unsaturated/α-hetero) is 1. The van der Waals surface area contributed by atoms with Crippen molar-refractivity contribution in [1.29, 1.82) is 0 Å². The first kappa shape index (κ1) is 10.2. The molecular weight excluding hydrogens is 166 g/mol. The standard InChI is InChI=1S/C10H17NO2/c1-9(2)6-10(3,7(9)12)8(13)11(4)5/h6H2,1-5H3. The van der Waals surface area contributed by atoms with E-state index in [0.717, 1.165) is 0 Å². The van der Waals surface area contributed by atoms with Gasteiger partial charge in [0.2, 0.25) is 5.91 Å². The lowest BCUT2D eigenvalue weighted by Crippen LogP contribution is -2.59. The minimum atomic E-state index is -0.757. The summed E-state index contributed by atoms with van der Waals surface area (Å²) in [5, 5.41) is 0. The second kappa shape index (κ2) is 2.56. The summed E-state index contributed by atoms with van der Waals surface area (Å²) < 4.78 is 0. The Kier molecular flexibility index (Phi) is 2.02. The Hall–Kier alpha value is -0.860. The van der Waals surface area contributed by atoms with Crippen LogP contribution in [0.4, 0.5) is 0 Å². The highest BCUT2D eigenvalue weighted by Crippen LogP contribution is 2.50. The predicted molar refractivity (Wildman–Crippen MR) is 50.2 cm³/mol. The highest BCUT2D eigenvalue weighted by Gasteiger charge is 2.59. The number of hydrogen-bond donors (Lipinski definition) is 0. The van der Waals surface area contributed by atoms with Crippen LogP contribution in [0.5, 0.6) is 0 Å². The molecule has 1 fully saturated rings. The fourth-order valence-corrected chi connectivity index (χ4v) is 2.35. The summed E-state index contributed by atoms with van der Waals surface area (Å²) in [5.41, 5.74) is -1.06. The molecule has 74 valence electrons. The highest BCUT2D eigenvalue weighted by molar-refractivity contribution is 6.12. The summed E-state index contributed by atoms with van der Waals surface area (Å²) in [6, 6.07) is 0. The highest BCUT2D eigenvalue weighted by atomic mass is 16.2. The third-order valence-electron chi connectivity index (χ3n) is 2.79. The van der Waals surface area contributed by atoms with Gasteiger partial charge < -0.3 is 4.90 Å². The van der Waals surface area contributed by atoms with E-state index in [4.69, 9.17) is 0 Å². The largest absolute Gasteiger partial charge is 0.348 e. The molecule has 0 bridgehead atoms. The maximum absolute atomic E-state index is 11.7. The fourth-order valence-electron chi connectivity index (χ4n) is 2.35. The zero-order valence-electron chi connectivity index (χ0n) is 8.97. The van der Waals surface area contributed by atoms with Crippen molar-refractivity contribution in [2.75, 3.05) is 14.1 Å². The Morgan fingerprint density at radius 2 is 1.77 bits per heavy atom. The second-order valence-corrected chi connectivity index (χ2v) is 4.92. The van der Waals surface area contributed by atoms with Gasteiger partial charge in [0.05, 0.1) is 0 Å². The van der Waals surface area contributed by atoms with Crippen molar-refractivity contribution in [3.05, 3.63) is 0 Å². The maximum atomic E-state index is 11.7. The normalized spacial score (nSPS) is 31.0. The molecule has 1 atom stereocenters. The van der Waals surface area contributed by atoms with E-state index in [0.29, 0.717) is 6.42 Å². The quantitative estimate of drug-likeness (QED) is 0.570. The number of hydrogen-bond acceptors (Lipinski definition) is 2. The van der Waals surface area contributed by atoms with Gasteiger partial charge in [0.15, 0.2) is 5.78 Å². The maximum Gasteiger partial charge on any atom is 0.235 e. The predicted octanol–water partition coefficient (Wildman–Crippen LogP) is 1.08. The van der Waals surface area contributed by atoms with E-state index in [2.05, 4.69) is 0 Å². The Balaban J connectivity index is 2.85. The first-order valence-corrected chi connectivity index (χ1v) is 4.48. The molecule has 3 heteroatoms. The van der Waals surface area contributed by atoms with Gasteiger partial charge in [-0.3, -0.25) is 9.59 Å². The van der Waals surface area contributed by atoms with Crippen molar-refractivity contribution in [3.63, 3.8) is 0 Å². The van der Waals surface area contributed by atoms with Crippen LogP contribution in [0.1, 0.15) is 27.2 Å². The minimum absolute atomic E-state index is 0.0682. The summed E-state index contributed by atoms with van der Waals surface area (Å²) in [6.07, 6.45) is 0.663. The Labute approximate surface area is 79.1 Å². The molecule has 1 rings (SSSR count). The Bertz CT molecular complexity index is 258. The zero-order chi connectivity index (χ0) is 10.4. The molecule has 0 saturated heterocycles. The van der Waals surface area contributed by atoms with Crippen molar-refractivity contribution < 1.29 is 9.59 Å². The average molecular weight is 183 g/mol. The fraction of sp³-hybridized carbons (Fsp3) is 0.800. The monoisotopic (exact) mass is 183 g/mol. The van der Waals surface area contributed by atoms with E-state index < -0.39 is 5.41 Å². The van der Waals surface area contributed by atoms with Gasteiger partial charge in [-0.2, -0.15) is 0 Å². The topological polar surface area (TPSA) is 37.4 Å². The van der Waals surface area contributed by atoms with Crippen LogP contribution in [0.25, 0.3) is 0 Å². The van der Waals surface area contributed by atoms with Crippen molar-refractivity contribution in [2.45, 2.75) is 27.2 Å². The molecule has 0 aliphatic heterocycles. The number of nitrogens with zero attached hydrogens (tertiary/aromatic N) is 1. The zero-order valence-corrected chi connectivity index (χ0v) is 8.97. The van der Waals surface area contributed by atoms with Crippen LogP contribution in [0.2, 0.25) is 0 Å². The van der Waals surface area contributed by atoms with Gasteiger partial charge in [-0.1, -0.05) is 13.8 Å². The van der Waals surface area contributed by atoms with Crippen molar-refractivity contribution in [1.82, 2.24) is 4.90 Å². The van der Waals surface area contributed by atoms with Gasteiger partial charge >= 0.3 is 0 Å². The minimum Gasteiger partial charge on any atom is -0.348 e. The van der Waals surface area contributed by atoms with Crippen molar-refractivity contribution >= 4 is 11.7 Å². The van der Waals surface area contributed by atoms with Crippen molar-refractivity contribution in [3.8, 4) is 0 Å². The molecule has 0 N–H and O–H groups in total. The van der Waals surface area contributed by atoms with E-state index in [9.17, 15) is 9.59 Å². The number of amides is 1. The van der Waals surface area contributed by atoms with E-state index >= 15 is 0 Å². The van der Waals surface area contributed by atoms with Crippen LogP contribution in [-0.2, 0) is 9.59 Å². The molecule has 1 aliphatic carbocycles. The molecule has 0 aromatic heterocycles. The van der Waals surface area contributed by atoms with Gasteiger partial charge in [0, 0.05) is 19.5 Å². The van der Waals surface area contributed by atoms with Crippen LogP contribution in [-0.4, -0.2) is 30.7 Å². The van der Waals surface area contributed by atoms with E-state index in [1.54, 1.807) is 21.0 Å². The molecule has 0 aromatic carbocycles.